The van der Waals surface area contributed by atoms with Crippen LogP contribution in [0.3, 0.4) is 0 Å². The number of aryl methyl sites for hydroxylation is 1. The van der Waals surface area contributed by atoms with Crippen LogP contribution in [0.4, 0.5) is 0 Å². The number of para-hydroxylation sites is 2. The number of imidazole rings is 1. The summed E-state index contributed by atoms with van der Waals surface area (Å²) in [6.45, 7) is 3.86. The minimum Gasteiger partial charge on any atom is -0.346 e. The first-order chi connectivity index (χ1) is 10.2. The van der Waals surface area contributed by atoms with Crippen LogP contribution in [0.1, 0.15) is 31.6 Å². The van der Waals surface area contributed by atoms with E-state index in [1.54, 1.807) is 0 Å². The van der Waals surface area contributed by atoms with Crippen LogP contribution >= 0.6 is 0 Å². The number of hydrogen-bond acceptors (Lipinski definition) is 3. The standard InChI is InChI=1S/C16H22N4O/c1-11(18-16(21)12-7-9-17-10-8-12)15-19-13-5-3-4-6-14(13)20(15)2/h3-6,11-12,17H,7-10H2,1-2H3,(H,18,21). The van der Waals surface area contributed by atoms with Gasteiger partial charge in [-0.3, -0.25) is 4.79 Å². The molecule has 1 aromatic carbocycles. The van der Waals surface area contributed by atoms with Crippen LogP contribution < -0.4 is 10.6 Å². The molecule has 0 bridgehead atoms. The van der Waals surface area contributed by atoms with Crippen LogP contribution in [-0.4, -0.2) is 28.5 Å². The van der Waals surface area contributed by atoms with Gasteiger partial charge in [0.05, 0.1) is 17.1 Å². The Labute approximate surface area is 124 Å². The maximum absolute atomic E-state index is 12.3. The van der Waals surface area contributed by atoms with Crippen molar-refractivity contribution >= 4 is 16.9 Å². The van der Waals surface area contributed by atoms with E-state index in [-0.39, 0.29) is 17.9 Å². The molecule has 2 heterocycles. The van der Waals surface area contributed by atoms with Gasteiger partial charge in [-0.15, -0.1) is 0 Å². The summed E-state index contributed by atoms with van der Waals surface area (Å²) in [7, 11) is 2.00. The van der Waals surface area contributed by atoms with Gasteiger partial charge in [0.25, 0.3) is 0 Å². The molecule has 1 fully saturated rings. The van der Waals surface area contributed by atoms with Crippen molar-refractivity contribution in [1.29, 1.82) is 0 Å². The van der Waals surface area contributed by atoms with Crippen LogP contribution in [0.2, 0.25) is 0 Å². The zero-order chi connectivity index (χ0) is 14.8. The molecule has 1 aliphatic rings. The van der Waals surface area contributed by atoms with Crippen molar-refractivity contribution in [2.75, 3.05) is 13.1 Å². The van der Waals surface area contributed by atoms with Crippen molar-refractivity contribution in [3.05, 3.63) is 30.1 Å². The zero-order valence-corrected chi connectivity index (χ0v) is 12.6. The molecule has 0 radical (unpaired) electrons. The van der Waals surface area contributed by atoms with Crippen molar-refractivity contribution in [2.24, 2.45) is 13.0 Å². The summed E-state index contributed by atoms with van der Waals surface area (Å²) in [5.41, 5.74) is 2.06. The molecule has 1 aliphatic heterocycles. The van der Waals surface area contributed by atoms with E-state index in [0.717, 1.165) is 42.8 Å². The minimum atomic E-state index is -0.0789. The maximum atomic E-state index is 12.3. The molecule has 2 aromatic rings. The second-order valence-corrected chi connectivity index (χ2v) is 5.77. The zero-order valence-electron chi connectivity index (χ0n) is 12.6. The third-order valence-corrected chi connectivity index (χ3v) is 4.28. The fraction of sp³-hybridized carbons (Fsp3) is 0.500. The van der Waals surface area contributed by atoms with Crippen LogP contribution in [0, 0.1) is 5.92 Å². The SMILES string of the molecule is CC(NC(=O)C1CCNCC1)c1nc2ccccc2n1C. The topological polar surface area (TPSA) is 59.0 Å². The molecule has 0 spiro atoms. The molecule has 0 aliphatic carbocycles. The molecule has 0 saturated carbocycles. The highest BCUT2D eigenvalue weighted by molar-refractivity contribution is 5.80. The van der Waals surface area contributed by atoms with E-state index >= 15 is 0 Å². The Morgan fingerprint density at radius 3 is 2.81 bits per heavy atom. The van der Waals surface area contributed by atoms with Gasteiger partial charge in [-0.05, 0) is 45.0 Å². The summed E-state index contributed by atoms with van der Waals surface area (Å²) in [6.07, 6.45) is 1.84. The molecule has 5 heteroatoms. The lowest BCUT2D eigenvalue weighted by molar-refractivity contribution is -0.126. The quantitative estimate of drug-likeness (QED) is 0.904. The van der Waals surface area contributed by atoms with Gasteiger partial charge >= 0.3 is 0 Å². The minimum absolute atomic E-state index is 0.0789. The molecule has 1 atom stereocenters. The van der Waals surface area contributed by atoms with Crippen molar-refractivity contribution in [3.63, 3.8) is 0 Å². The Kier molecular flexibility index (Phi) is 3.92. The molecule has 1 unspecified atom stereocenters. The summed E-state index contributed by atoms with van der Waals surface area (Å²) < 4.78 is 2.06. The van der Waals surface area contributed by atoms with Gasteiger partial charge in [0.1, 0.15) is 5.82 Å². The Morgan fingerprint density at radius 1 is 1.38 bits per heavy atom. The number of carbonyl (C=O) groups is 1. The predicted octanol–water partition coefficient (Wildman–Crippen LogP) is 1.75. The fourth-order valence-corrected chi connectivity index (χ4v) is 3.03. The molecule has 3 rings (SSSR count). The van der Waals surface area contributed by atoms with Gasteiger partial charge in [-0.1, -0.05) is 12.1 Å². The number of piperidine rings is 1. The van der Waals surface area contributed by atoms with E-state index in [1.807, 2.05) is 38.2 Å². The second-order valence-electron chi connectivity index (χ2n) is 5.77. The Morgan fingerprint density at radius 2 is 2.10 bits per heavy atom. The first-order valence-corrected chi connectivity index (χ1v) is 7.59. The van der Waals surface area contributed by atoms with Crippen molar-refractivity contribution < 1.29 is 4.79 Å². The Bertz CT molecular complexity index is 643. The summed E-state index contributed by atoms with van der Waals surface area (Å²) in [4.78, 5) is 17.0. The average molecular weight is 286 g/mol. The highest BCUT2D eigenvalue weighted by Crippen LogP contribution is 2.20. The lowest BCUT2D eigenvalue weighted by Gasteiger charge is -2.23. The predicted molar refractivity (Wildman–Crippen MR) is 82.9 cm³/mol. The Balaban J connectivity index is 1.75. The van der Waals surface area contributed by atoms with Crippen molar-refractivity contribution in [3.8, 4) is 0 Å². The van der Waals surface area contributed by atoms with Crippen molar-refractivity contribution in [2.45, 2.75) is 25.8 Å². The first-order valence-electron chi connectivity index (χ1n) is 7.59. The van der Waals surface area contributed by atoms with Gasteiger partial charge in [0.15, 0.2) is 0 Å². The van der Waals surface area contributed by atoms with Gasteiger partial charge in [-0.25, -0.2) is 4.98 Å². The van der Waals surface area contributed by atoms with Crippen LogP contribution in [0.5, 0.6) is 0 Å². The lowest BCUT2D eigenvalue weighted by Crippen LogP contribution is -2.39. The van der Waals surface area contributed by atoms with Crippen LogP contribution in [-0.2, 0) is 11.8 Å². The van der Waals surface area contributed by atoms with E-state index in [2.05, 4.69) is 20.2 Å². The number of rotatable bonds is 3. The molecule has 2 N–H and O–H groups in total. The van der Waals surface area contributed by atoms with Gasteiger partial charge in [0, 0.05) is 13.0 Å². The highest BCUT2D eigenvalue weighted by Gasteiger charge is 2.24. The van der Waals surface area contributed by atoms with Crippen LogP contribution in [0.25, 0.3) is 11.0 Å². The van der Waals surface area contributed by atoms with E-state index in [4.69, 9.17) is 0 Å². The number of aromatic nitrogens is 2. The van der Waals surface area contributed by atoms with Crippen LogP contribution in [0.15, 0.2) is 24.3 Å². The fourth-order valence-electron chi connectivity index (χ4n) is 3.03. The molecule has 1 saturated heterocycles. The molecule has 1 aromatic heterocycles. The number of fused-ring (bicyclic) bond motifs is 1. The third kappa shape index (κ3) is 2.78. The summed E-state index contributed by atoms with van der Waals surface area (Å²) >= 11 is 0. The Hall–Kier alpha value is -1.88. The van der Waals surface area contributed by atoms with Gasteiger partial charge in [0.2, 0.25) is 5.91 Å². The monoisotopic (exact) mass is 286 g/mol. The number of nitrogens with zero attached hydrogens (tertiary/aromatic N) is 2. The lowest BCUT2D eigenvalue weighted by atomic mass is 9.97. The summed E-state index contributed by atoms with van der Waals surface area (Å²) in [5.74, 6) is 1.18. The van der Waals surface area contributed by atoms with E-state index < -0.39 is 0 Å². The van der Waals surface area contributed by atoms with E-state index in [0.29, 0.717) is 0 Å². The second kappa shape index (κ2) is 5.85. The number of hydrogen-bond donors (Lipinski definition) is 2. The largest absolute Gasteiger partial charge is 0.346 e. The molecule has 112 valence electrons. The first kappa shape index (κ1) is 14.1. The number of nitrogens with one attached hydrogen (secondary N) is 2. The third-order valence-electron chi connectivity index (χ3n) is 4.28. The molecular formula is C16H22N4O. The van der Waals surface area contributed by atoms with Gasteiger partial charge < -0.3 is 15.2 Å². The summed E-state index contributed by atoms with van der Waals surface area (Å²) in [6, 6.07) is 7.96. The van der Waals surface area contributed by atoms with Crippen molar-refractivity contribution in [1.82, 2.24) is 20.2 Å². The average Bonchev–Trinajstić information content (AvgIpc) is 2.86. The normalized spacial score (nSPS) is 17.8. The molecule has 5 nitrogen and oxygen atoms in total. The smallest absolute Gasteiger partial charge is 0.223 e. The van der Waals surface area contributed by atoms with E-state index in [1.165, 1.54) is 0 Å². The van der Waals surface area contributed by atoms with Gasteiger partial charge in [-0.2, -0.15) is 0 Å². The number of carbonyl (C=O) groups excluding carboxylic acids is 1. The highest BCUT2D eigenvalue weighted by atomic mass is 16.1. The number of benzene rings is 1. The molecular weight excluding hydrogens is 264 g/mol. The summed E-state index contributed by atoms with van der Waals surface area (Å²) in [5, 5.41) is 6.40. The molecule has 1 amide bonds. The van der Waals surface area contributed by atoms with E-state index in [9.17, 15) is 4.79 Å². The number of amides is 1. The molecule has 21 heavy (non-hydrogen) atoms. The maximum Gasteiger partial charge on any atom is 0.223 e.